The third kappa shape index (κ3) is 5.15. The minimum Gasteiger partial charge on any atom is -0.496 e. The Hall–Kier alpha value is -5.74. The third-order valence-electron chi connectivity index (χ3n) is 6.57. The lowest BCUT2D eigenvalue weighted by Gasteiger charge is -2.26. The largest absolute Gasteiger partial charge is 0.496 e. The van der Waals surface area contributed by atoms with Crippen LogP contribution in [0.25, 0.3) is 0 Å². The van der Waals surface area contributed by atoms with E-state index in [0.29, 0.717) is 17.1 Å². The Kier molecular flexibility index (Phi) is 7.34. The monoisotopic (exact) mass is 530 g/mol. The maximum atomic E-state index is 9.61. The summed E-state index contributed by atoms with van der Waals surface area (Å²) < 4.78 is 11.9. The molecule has 0 bridgehead atoms. The Balaban J connectivity index is 1.50. The summed E-state index contributed by atoms with van der Waals surface area (Å²) in [6.45, 7) is 0.229. The fraction of sp³-hybridized carbons (Fsp3) is 0.133. The minimum atomic E-state index is -0.678. The SMILES string of the molecule is COc1ccc(C2N=C(NC#N)Nc3nc(N)c(C#N)c(N)c32)cc1COc1ccccc1Cc1ccccc1. The lowest BCUT2D eigenvalue weighted by molar-refractivity contribution is 0.294. The quantitative estimate of drug-likeness (QED) is 0.202. The number of nitrogens with one attached hydrogen (secondary N) is 2. The summed E-state index contributed by atoms with van der Waals surface area (Å²) in [6, 6.07) is 25.1. The van der Waals surface area contributed by atoms with E-state index in [-0.39, 0.29) is 29.6 Å². The van der Waals surface area contributed by atoms with Crippen LogP contribution in [-0.4, -0.2) is 18.1 Å². The molecule has 0 amide bonds. The molecule has 10 heteroatoms. The third-order valence-corrected chi connectivity index (χ3v) is 6.57. The smallest absolute Gasteiger partial charge is 0.211 e. The van der Waals surface area contributed by atoms with Gasteiger partial charge < -0.3 is 26.3 Å². The van der Waals surface area contributed by atoms with Crippen LogP contribution in [0.15, 0.2) is 77.8 Å². The van der Waals surface area contributed by atoms with E-state index in [1.807, 2.05) is 66.9 Å². The van der Waals surface area contributed by atoms with Crippen molar-refractivity contribution >= 4 is 23.3 Å². The van der Waals surface area contributed by atoms with E-state index in [9.17, 15) is 10.5 Å². The number of hydrogen-bond donors (Lipinski definition) is 4. The minimum absolute atomic E-state index is 0.0128. The zero-order valence-corrected chi connectivity index (χ0v) is 21.7. The second-order valence-corrected chi connectivity index (χ2v) is 9.03. The number of methoxy groups -OCH3 is 1. The summed E-state index contributed by atoms with van der Waals surface area (Å²) in [7, 11) is 1.60. The van der Waals surface area contributed by atoms with E-state index in [0.717, 1.165) is 28.9 Å². The molecule has 4 aromatic rings. The molecule has 3 aromatic carbocycles. The number of nitriles is 2. The average Bonchev–Trinajstić information content (AvgIpc) is 2.97. The number of nitrogen functional groups attached to an aromatic ring is 2. The van der Waals surface area contributed by atoms with Crippen molar-refractivity contribution < 1.29 is 9.47 Å². The lowest BCUT2D eigenvalue weighted by Crippen LogP contribution is -2.32. The zero-order chi connectivity index (χ0) is 28.1. The Bertz CT molecular complexity index is 1670. The molecule has 10 nitrogen and oxygen atoms in total. The molecule has 6 N–H and O–H groups in total. The number of fused-ring (bicyclic) bond motifs is 1. The zero-order valence-electron chi connectivity index (χ0n) is 21.7. The van der Waals surface area contributed by atoms with Crippen molar-refractivity contribution in [3.63, 3.8) is 0 Å². The summed E-state index contributed by atoms with van der Waals surface area (Å²) in [6.07, 6.45) is 2.59. The highest BCUT2D eigenvalue weighted by molar-refractivity contribution is 5.98. The average molecular weight is 531 g/mol. The molecule has 198 valence electrons. The van der Waals surface area contributed by atoms with Gasteiger partial charge in [-0.3, -0.25) is 5.32 Å². The van der Waals surface area contributed by atoms with Gasteiger partial charge in [0.2, 0.25) is 5.96 Å². The summed E-state index contributed by atoms with van der Waals surface area (Å²) in [5, 5.41) is 24.2. The van der Waals surface area contributed by atoms with E-state index in [4.69, 9.17) is 20.9 Å². The molecule has 1 aliphatic heterocycles. The number of aliphatic imine (C=N–C) groups is 1. The number of ether oxygens (including phenoxy) is 2. The van der Waals surface area contributed by atoms with Gasteiger partial charge in [0.15, 0.2) is 6.19 Å². The van der Waals surface area contributed by atoms with Crippen LogP contribution in [0.3, 0.4) is 0 Å². The normalized spacial score (nSPS) is 13.6. The molecular weight excluding hydrogens is 504 g/mol. The van der Waals surface area contributed by atoms with Crippen molar-refractivity contribution in [3.05, 3.63) is 106 Å². The van der Waals surface area contributed by atoms with E-state index in [2.05, 4.69) is 38.8 Å². The molecule has 40 heavy (non-hydrogen) atoms. The summed E-state index contributed by atoms with van der Waals surface area (Å²) in [5.41, 5.74) is 16.8. The number of rotatable bonds is 7. The second kappa shape index (κ2) is 11.3. The van der Waals surface area contributed by atoms with Crippen molar-refractivity contribution in [1.82, 2.24) is 10.3 Å². The Morgan fingerprint density at radius 3 is 2.50 bits per heavy atom. The van der Waals surface area contributed by atoms with E-state index in [1.54, 1.807) is 7.11 Å². The van der Waals surface area contributed by atoms with Gasteiger partial charge in [0.25, 0.3) is 0 Å². The molecule has 0 radical (unpaired) electrons. The van der Waals surface area contributed by atoms with Crippen LogP contribution in [0.4, 0.5) is 17.3 Å². The number of anilines is 3. The number of pyridine rings is 1. The molecule has 1 unspecified atom stereocenters. The van der Waals surface area contributed by atoms with Crippen molar-refractivity contribution in [2.75, 3.05) is 23.9 Å². The first-order valence-corrected chi connectivity index (χ1v) is 12.4. The predicted octanol–water partition coefficient (Wildman–Crippen LogP) is 4.24. The van der Waals surface area contributed by atoms with Crippen LogP contribution in [-0.2, 0) is 13.0 Å². The van der Waals surface area contributed by atoms with Crippen molar-refractivity contribution in [2.45, 2.75) is 19.1 Å². The van der Waals surface area contributed by atoms with Crippen molar-refractivity contribution in [3.8, 4) is 23.8 Å². The van der Waals surface area contributed by atoms with Crippen molar-refractivity contribution in [1.29, 1.82) is 10.5 Å². The molecule has 1 aliphatic rings. The highest BCUT2D eigenvalue weighted by Crippen LogP contribution is 2.41. The highest BCUT2D eigenvalue weighted by atomic mass is 16.5. The molecule has 2 heterocycles. The van der Waals surface area contributed by atoms with E-state index < -0.39 is 6.04 Å². The van der Waals surface area contributed by atoms with Gasteiger partial charge in [-0.2, -0.15) is 10.5 Å². The van der Waals surface area contributed by atoms with Crippen LogP contribution in [0.2, 0.25) is 0 Å². The first-order valence-electron chi connectivity index (χ1n) is 12.4. The van der Waals surface area contributed by atoms with E-state index >= 15 is 0 Å². The van der Waals surface area contributed by atoms with Crippen LogP contribution in [0, 0.1) is 22.8 Å². The van der Waals surface area contributed by atoms with Gasteiger partial charge in [-0.25, -0.2) is 9.98 Å². The Morgan fingerprint density at radius 1 is 0.975 bits per heavy atom. The summed E-state index contributed by atoms with van der Waals surface area (Å²) in [4.78, 5) is 8.96. The Labute approximate surface area is 231 Å². The van der Waals surface area contributed by atoms with Gasteiger partial charge in [0, 0.05) is 17.5 Å². The molecule has 0 spiro atoms. The number of para-hydroxylation sites is 1. The fourth-order valence-corrected chi connectivity index (χ4v) is 4.67. The first-order chi connectivity index (χ1) is 19.5. The van der Waals surface area contributed by atoms with Crippen LogP contribution in [0.1, 0.15) is 39.4 Å². The summed E-state index contributed by atoms with van der Waals surface area (Å²) >= 11 is 0. The molecule has 0 saturated heterocycles. The molecule has 0 aliphatic carbocycles. The topological polar surface area (TPSA) is 167 Å². The number of benzene rings is 3. The van der Waals surface area contributed by atoms with Gasteiger partial charge in [-0.1, -0.05) is 54.6 Å². The first kappa shape index (κ1) is 25.9. The maximum absolute atomic E-state index is 9.61. The molecule has 0 saturated carbocycles. The van der Waals surface area contributed by atoms with Crippen LogP contribution in [0.5, 0.6) is 11.5 Å². The molecule has 5 rings (SSSR count). The Morgan fingerprint density at radius 2 is 1.75 bits per heavy atom. The lowest BCUT2D eigenvalue weighted by atomic mass is 9.94. The van der Waals surface area contributed by atoms with Gasteiger partial charge in [0.1, 0.15) is 47.4 Å². The molecular formula is C30H26N8O2. The van der Waals surface area contributed by atoms with Gasteiger partial charge in [-0.05, 0) is 34.9 Å². The van der Waals surface area contributed by atoms with Gasteiger partial charge >= 0.3 is 0 Å². The summed E-state index contributed by atoms with van der Waals surface area (Å²) in [5.74, 6) is 1.89. The number of hydrogen-bond acceptors (Lipinski definition) is 10. The van der Waals surface area contributed by atoms with E-state index in [1.165, 1.54) is 5.56 Å². The number of nitrogens with two attached hydrogens (primary N) is 2. The standard InChI is InChI=1S/C30H26N8O2/c1-39-23-12-11-20(27-25-26(33)22(15-31)28(34)37-29(25)38-30(36-27)35-17-32)14-21(23)16-40-24-10-6-5-9-19(24)13-18-7-3-2-4-8-18/h2-12,14,27H,13,16H2,1H3,(H6,33,34,35,36,37,38). The second-order valence-electron chi connectivity index (χ2n) is 9.03. The highest BCUT2D eigenvalue weighted by Gasteiger charge is 2.30. The molecule has 1 atom stereocenters. The number of nitrogens with zero attached hydrogens (tertiary/aromatic N) is 4. The number of aromatic nitrogens is 1. The number of guanidine groups is 1. The van der Waals surface area contributed by atoms with Crippen LogP contribution < -0.4 is 31.6 Å². The molecule has 0 fully saturated rings. The van der Waals surface area contributed by atoms with Crippen molar-refractivity contribution in [2.24, 2.45) is 4.99 Å². The fourth-order valence-electron chi connectivity index (χ4n) is 4.67. The van der Waals surface area contributed by atoms with Gasteiger partial charge in [0.05, 0.1) is 12.8 Å². The van der Waals surface area contributed by atoms with Crippen LogP contribution >= 0.6 is 0 Å². The maximum Gasteiger partial charge on any atom is 0.211 e. The van der Waals surface area contributed by atoms with Gasteiger partial charge in [-0.15, -0.1) is 0 Å². The molecule has 1 aromatic heterocycles. The predicted molar refractivity (Wildman–Crippen MR) is 152 cm³/mol.